The van der Waals surface area contributed by atoms with Crippen molar-refractivity contribution in [3.05, 3.63) is 46.1 Å². The molecule has 3 N–H and O–H groups in total. The number of phenols is 2. The van der Waals surface area contributed by atoms with Crippen LogP contribution in [0.15, 0.2) is 39.5 Å². The number of aryl methyl sites for hydroxylation is 1. The molecule has 0 saturated heterocycles. The van der Waals surface area contributed by atoms with Crippen LogP contribution in [0.3, 0.4) is 0 Å². The van der Waals surface area contributed by atoms with Gasteiger partial charge in [0.05, 0.1) is 7.11 Å². The highest BCUT2D eigenvalue weighted by Crippen LogP contribution is 2.36. The van der Waals surface area contributed by atoms with E-state index in [2.05, 4.69) is 0 Å². The van der Waals surface area contributed by atoms with E-state index in [9.17, 15) is 20.1 Å². The maximum Gasteiger partial charge on any atom is 0.238 e. The third-order valence-electron chi connectivity index (χ3n) is 3.61. The van der Waals surface area contributed by atoms with Crippen molar-refractivity contribution in [1.82, 2.24) is 0 Å². The molecule has 6 heteroatoms. The molecule has 0 saturated carbocycles. The summed E-state index contributed by atoms with van der Waals surface area (Å²) >= 11 is 0. The zero-order valence-corrected chi connectivity index (χ0v) is 12.5. The third-order valence-corrected chi connectivity index (χ3v) is 3.61. The highest BCUT2D eigenvalue weighted by atomic mass is 16.5. The van der Waals surface area contributed by atoms with Crippen LogP contribution >= 0.6 is 0 Å². The van der Waals surface area contributed by atoms with Crippen molar-refractivity contribution in [3.8, 4) is 34.3 Å². The summed E-state index contributed by atoms with van der Waals surface area (Å²) in [6.45, 7) is 1.86. The van der Waals surface area contributed by atoms with E-state index in [4.69, 9.17) is 9.15 Å². The van der Waals surface area contributed by atoms with E-state index in [1.165, 1.54) is 13.2 Å². The molecule has 0 aliphatic carbocycles. The van der Waals surface area contributed by atoms with Crippen molar-refractivity contribution < 1.29 is 24.5 Å². The molecule has 2 aromatic carbocycles. The van der Waals surface area contributed by atoms with Gasteiger partial charge in [-0.3, -0.25) is 4.79 Å². The third kappa shape index (κ3) is 2.34. The molecule has 3 rings (SSSR count). The van der Waals surface area contributed by atoms with Gasteiger partial charge < -0.3 is 24.5 Å². The maximum atomic E-state index is 12.3. The molecular weight excluding hydrogens is 300 g/mol. The van der Waals surface area contributed by atoms with E-state index in [1.54, 1.807) is 18.2 Å². The summed E-state index contributed by atoms with van der Waals surface area (Å²) in [6.07, 6.45) is 0. The number of fused-ring (bicyclic) bond motifs is 1. The van der Waals surface area contributed by atoms with Gasteiger partial charge in [-0.15, -0.1) is 0 Å². The SMILES string of the molecule is COc1cc(-c2oc3cc(O)cc(O)c3c(=O)c2O)ccc1C. The van der Waals surface area contributed by atoms with Crippen molar-refractivity contribution in [2.75, 3.05) is 7.11 Å². The number of benzene rings is 2. The summed E-state index contributed by atoms with van der Waals surface area (Å²) < 4.78 is 10.8. The standard InChI is InChI=1S/C17H14O6/c1-8-3-4-9(5-12(8)22-2)17-16(21)15(20)14-11(19)6-10(18)7-13(14)23-17/h3-7,18-19,21H,1-2H3. The molecule has 0 amide bonds. The van der Waals surface area contributed by atoms with Crippen LogP contribution in [0.2, 0.25) is 0 Å². The number of hydrogen-bond donors (Lipinski definition) is 3. The van der Waals surface area contributed by atoms with Crippen LogP contribution in [-0.4, -0.2) is 22.4 Å². The molecule has 1 heterocycles. The molecule has 0 bridgehead atoms. The van der Waals surface area contributed by atoms with Gasteiger partial charge in [-0.1, -0.05) is 12.1 Å². The monoisotopic (exact) mass is 314 g/mol. The minimum Gasteiger partial charge on any atom is -0.508 e. The molecule has 0 radical (unpaired) electrons. The van der Waals surface area contributed by atoms with Crippen LogP contribution in [0.1, 0.15) is 5.56 Å². The number of rotatable bonds is 2. The summed E-state index contributed by atoms with van der Waals surface area (Å²) in [5.74, 6) is -0.827. The molecule has 118 valence electrons. The maximum absolute atomic E-state index is 12.3. The van der Waals surface area contributed by atoms with Crippen LogP contribution in [0.5, 0.6) is 23.0 Å². The van der Waals surface area contributed by atoms with Gasteiger partial charge in [-0.2, -0.15) is 0 Å². The molecule has 0 atom stereocenters. The molecule has 1 aromatic heterocycles. The molecule has 0 unspecified atom stereocenters. The Balaban J connectivity index is 2.35. The highest BCUT2D eigenvalue weighted by Gasteiger charge is 2.19. The minimum absolute atomic E-state index is 0.0279. The van der Waals surface area contributed by atoms with Crippen molar-refractivity contribution in [1.29, 1.82) is 0 Å². The minimum atomic E-state index is -0.779. The number of methoxy groups -OCH3 is 1. The average Bonchev–Trinajstić information content (AvgIpc) is 2.50. The Morgan fingerprint density at radius 2 is 1.83 bits per heavy atom. The van der Waals surface area contributed by atoms with E-state index in [0.717, 1.165) is 11.6 Å². The fourth-order valence-corrected chi connectivity index (χ4v) is 2.43. The molecule has 0 spiro atoms. The van der Waals surface area contributed by atoms with Crippen molar-refractivity contribution in [2.45, 2.75) is 6.92 Å². The predicted octanol–water partition coefficient (Wildman–Crippen LogP) is 2.89. The van der Waals surface area contributed by atoms with Crippen molar-refractivity contribution >= 4 is 11.0 Å². The first-order valence-electron chi connectivity index (χ1n) is 6.79. The Bertz CT molecular complexity index is 971. The van der Waals surface area contributed by atoms with Crippen LogP contribution in [0.4, 0.5) is 0 Å². The molecule has 3 aromatic rings. The van der Waals surface area contributed by atoms with Gasteiger partial charge >= 0.3 is 0 Å². The zero-order valence-electron chi connectivity index (χ0n) is 12.5. The van der Waals surface area contributed by atoms with Crippen LogP contribution in [0, 0.1) is 6.92 Å². The number of phenolic OH excluding ortho intramolecular Hbond substituents is 2. The lowest BCUT2D eigenvalue weighted by molar-refractivity contribution is 0.411. The second-order valence-corrected chi connectivity index (χ2v) is 5.13. The lowest BCUT2D eigenvalue weighted by atomic mass is 10.1. The fraction of sp³-hybridized carbons (Fsp3) is 0.118. The van der Waals surface area contributed by atoms with Gasteiger partial charge in [0, 0.05) is 17.7 Å². The van der Waals surface area contributed by atoms with Crippen molar-refractivity contribution in [2.24, 2.45) is 0 Å². The second-order valence-electron chi connectivity index (χ2n) is 5.13. The normalized spacial score (nSPS) is 10.9. The Hall–Kier alpha value is -3.15. The molecular formula is C17H14O6. The second kappa shape index (κ2) is 5.24. The lowest BCUT2D eigenvalue weighted by Crippen LogP contribution is -2.03. The predicted molar refractivity (Wildman–Crippen MR) is 84.2 cm³/mol. The van der Waals surface area contributed by atoms with Gasteiger partial charge in [0.15, 0.2) is 5.76 Å². The van der Waals surface area contributed by atoms with Crippen LogP contribution < -0.4 is 10.2 Å². The Morgan fingerprint density at radius 1 is 1.09 bits per heavy atom. The number of ether oxygens (including phenoxy) is 1. The van der Waals surface area contributed by atoms with Gasteiger partial charge in [-0.05, 0) is 18.6 Å². The first kappa shape index (κ1) is 14.8. The van der Waals surface area contributed by atoms with Gasteiger partial charge in [0.25, 0.3) is 0 Å². The quantitative estimate of drug-likeness (QED) is 0.672. The zero-order chi connectivity index (χ0) is 16.7. The first-order valence-corrected chi connectivity index (χ1v) is 6.79. The molecule has 6 nitrogen and oxygen atoms in total. The summed E-state index contributed by atoms with van der Waals surface area (Å²) in [4.78, 5) is 12.3. The summed E-state index contributed by atoms with van der Waals surface area (Å²) in [5, 5.41) is 29.3. The Morgan fingerprint density at radius 3 is 2.52 bits per heavy atom. The van der Waals surface area contributed by atoms with Crippen molar-refractivity contribution in [3.63, 3.8) is 0 Å². The van der Waals surface area contributed by atoms with E-state index in [1.807, 2.05) is 6.92 Å². The summed E-state index contributed by atoms with van der Waals surface area (Å²) in [5.41, 5.74) is 0.513. The molecule has 0 aliphatic heterocycles. The number of hydrogen-bond acceptors (Lipinski definition) is 6. The van der Waals surface area contributed by atoms with E-state index in [-0.39, 0.29) is 22.5 Å². The van der Waals surface area contributed by atoms with Crippen LogP contribution in [-0.2, 0) is 0 Å². The average molecular weight is 314 g/mol. The van der Waals surface area contributed by atoms with E-state index >= 15 is 0 Å². The van der Waals surface area contributed by atoms with Gasteiger partial charge in [0.2, 0.25) is 11.2 Å². The summed E-state index contributed by atoms with van der Waals surface area (Å²) in [7, 11) is 1.51. The highest BCUT2D eigenvalue weighted by molar-refractivity contribution is 5.88. The largest absolute Gasteiger partial charge is 0.508 e. The first-order chi connectivity index (χ1) is 10.9. The molecule has 0 aliphatic rings. The fourth-order valence-electron chi connectivity index (χ4n) is 2.43. The number of aromatic hydroxyl groups is 3. The van der Waals surface area contributed by atoms with Gasteiger partial charge in [-0.25, -0.2) is 0 Å². The van der Waals surface area contributed by atoms with E-state index in [0.29, 0.717) is 11.3 Å². The molecule has 0 fully saturated rings. The summed E-state index contributed by atoms with van der Waals surface area (Å²) in [6, 6.07) is 7.27. The molecule has 23 heavy (non-hydrogen) atoms. The van der Waals surface area contributed by atoms with Crippen LogP contribution in [0.25, 0.3) is 22.3 Å². The van der Waals surface area contributed by atoms with E-state index < -0.39 is 16.9 Å². The smallest absolute Gasteiger partial charge is 0.238 e. The topological polar surface area (TPSA) is 100 Å². The lowest BCUT2D eigenvalue weighted by Gasteiger charge is -2.10. The Labute approximate surface area is 130 Å². The van der Waals surface area contributed by atoms with Gasteiger partial charge in [0.1, 0.15) is 28.2 Å². The Kier molecular flexibility index (Phi) is 3.37.